The Balaban J connectivity index is 2.84. The van der Waals surface area contributed by atoms with Gasteiger partial charge in [0.25, 0.3) is 0 Å². The fourth-order valence-corrected chi connectivity index (χ4v) is 0.869. The number of hydrogen-bond donors (Lipinski definition) is 3. The molecule has 4 nitrogen and oxygen atoms in total. The molecule has 0 aromatic carbocycles. The molecule has 62 valence electrons. The van der Waals surface area contributed by atoms with E-state index < -0.39 is 11.3 Å². The molecule has 0 aliphatic carbocycles. The second-order valence-electron chi connectivity index (χ2n) is 1.85. The van der Waals surface area contributed by atoms with Crippen LogP contribution in [-0.4, -0.2) is 28.4 Å². The van der Waals surface area contributed by atoms with E-state index in [4.69, 9.17) is 4.55 Å². The number of hydrogen-bond acceptors (Lipinski definition) is 2. The van der Waals surface area contributed by atoms with Gasteiger partial charge < -0.3 is 5.32 Å². The minimum atomic E-state index is -1.85. The first-order chi connectivity index (χ1) is 4.77. The van der Waals surface area contributed by atoms with Crippen molar-refractivity contribution in [2.24, 2.45) is 0 Å². The van der Waals surface area contributed by atoms with Crippen LogP contribution < -0.4 is 10.0 Å². The fraction of sp³-hybridized carbons (Fsp3) is 1.00. The van der Waals surface area contributed by atoms with Gasteiger partial charge in [0.1, 0.15) is 0 Å². The van der Waals surface area contributed by atoms with E-state index in [-0.39, 0.29) is 0 Å². The molecule has 0 aliphatic rings. The van der Waals surface area contributed by atoms with Crippen LogP contribution in [0.1, 0.15) is 13.3 Å². The largest absolute Gasteiger partial charge is 0.317 e. The fourth-order valence-electron chi connectivity index (χ4n) is 0.550. The molecule has 10 heavy (non-hydrogen) atoms. The highest BCUT2D eigenvalue weighted by molar-refractivity contribution is 7.77. The quantitative estimate of drug-likeness (QED) is 0.375. The van der Waals surface area contributed by atoms with Gasteiger partial charge in [0.2, 0.25) is 11.3 Å². The van der Waals surface area contributed by atoms with Crippen molar-refractivity contribution in [3.05, 3.63) is 0 Å². The van der Waals surface area contributed by atoms with Crippen LogP contribution in [0.4, 0.5) is 0 Å². The molecule has 0 aromatic heterocycles. The lowest BCUT2D eigenvalue weighted by Crippen LogP contribution is -2.22. The lowest BCUT2D eigenvalue weighted by Gasteiger charge is -1.99. The molecule has 0 saturated carbocycles. The number of rotatable bonds is 6. The van der Waals surface area contributed by atoms with Crippen LogP contribution in [-0.2, 0) is 11.3 Å². The third kappa shape index (κ3) is 8.03. The normalized spacial score (nSPS) is 13.4. The molecule has 0 bridgehead atoms. The molecule has 0 amide bonds. The molecule has 5 heteroatoms. The van der Waals surface area contributed by atoms with Crippen molar-refractivity contribution in [1.82, 2.24) is 10.0 Å². The van der Waals surface area contributed by atoms with Crippen LogP contribution in [0.25, 0.3) is 0 Å². The summed E-state index contributed by atoms with van der Waals surface area (Å²) in [5.74, 6) is 0. The third-order valence-electron chi connectivity index (χ3n) is 1.01. The average molecular weight is 166 g/mol. The second kappa shape index (κ2) is 7.14. The predicted octanol–water partition coefficient (Wildman–Crippen LogP) is -0.288. The molecule has 1 atom stereocenters. The Bertz CT molecular complexity index is 99.6. The summed E-state index contributed by atoms with van der Waals surface area (Å²) in [6, 6.07) is 0. The lowest BCUT2D eigenvalue weighted by molar-refractivity contribution is 0.544. The van der Waals surface area contributed by atoms with E-state index >= 15 is 0 Å². The molecule has 0 aromatic rings. The van der Waals surface area contributed by atoms with Gasteiger partial charge in [-0.1, -0.05) is 6.92 Å². The van der Waals surface area contributed by atoms with E-state index in [0.717, 1.165) is 19.5 Å². The van der Waals surface area contributed by atoms with E-state index in [1.165, 1.54) is 0 Å². The van der Waals surface area contributed by atoms with Gasteiger partial charge in [-0.2, -0.15) is 0 Å². The van der Waals surface area contributed by atoms with Crippen molar-refractivity contribution in [3.8, 4) is 0 Å². The lowest BCUT2D eigenvalue weighted by atomic mass is 10.4. The van der Waals surface area contributed by atoms with Gasteiger partial charge in [-0.3, -0.25) is 4.55 Å². The maximum absolute atomic E-state index is 10.0. The summed E-state index contributed by atoms with van der Waals surface area (Å²) in [6.07, 6.45) is 0.875. The zero-order valence-electron chi connectivity index (χ0n) is 6.09. The molecule has 0 heterocycles. The highest BCUT2D eigenvalue weighted by atomic mass is 32.2. The minimum Gasteiger partial charge on any atom is -0.317 e. The molecule has 0 radical (unpaired) electrons. The van der Waals surface area contributed by atoms with E-state index in [1.807, 2.05) is 6.92 Å². The first-order valence-corrected chi connectivity index (χ1v) is 4.43. The van der Waals surface area contributed by atoms with Crippen LogP contribution in [0.5, 0.6) is 0 Å². The SMILES string of the molecule is CCNCCCNS(=O)O. The first-order valence-electron chi connectivity index (χ1n) is 3.32. The van der Waals surface area contributed by atoms with Gasteiger partial charge in [0.05, 0.1) is 0 Å². The summed E-state index contributed by atoms with van der Waals surface area (Å²) in [4.78, 5) is 0. The molecular weight excluding hydrogens is 152 g/mol. The van der Waals surface area contributed by atoms with Crippen molar-refractivity contribution >= 4 is 11.3 Å². The molecular formula is C5H14N2O2S. The predicted molar refractivity (Wildman–Crippen MR) is 41.9 cm³/mol. The Morgan fingerprint density at radius 1 is 1.50 bits per heavy atom. The summed E-state index contributed by atoms with van der Waals surface area (Å²) >= 11 is -1.85. The maximum atomic E-state index is 10.0. The molecule has 0 spiro atoms. The van der Waals surface area contributed by atoms with Gasteiger partial charge in [-0.05, 0) is 19.5 Å². The summed E-state index contributed by atoms with van der Waals surface area (Å²) in [7, 11) is 0. The Morgan fingerprint density at radius 2 is 2.20 bits per heavy atom. The van der Waals surface area contributed by atoms with Crippen molar-refractivity contribution in [1.29, 1.82) is 0 Å². The van der Waals surface area contributed by atoms with Crippen molar-refractivity contribution in [3.63, 3.8) is 0 Å². The summed E-state index contributed by atoms with van der Waals surface area (Å²) < 4.78 is 20.7. The zero-order valence-corrected chi connectivity index (χ0v) is 6.91. The van der Waals surface area contributed by atoms with E-state index in [1.54, 1.807) is 0 Å². The van der Waals surface area contributed by atoms with Crippen LogP contribution in [0.3, 0.4) is 0 Å². The van der Waals surface area contributed by atoms with Gasteiger partial charge >= 0.3 is 0 Å². The Kier molecular flexibility index (Phi) is 7.16. The van der Waals surface area contributed by atoms with E-state index in [2.05, 4.69) is 10.0 Å². The first kappa shape index (κ1) is 10.0. The van der Waals surface area contributed by atoms with Crippen molar-refractivity contribution < 1.29 is 8.76 Å². The maximum Gasteiger partial charge on any atom is 0.231 e. The second-order valence-corrected chi connectivity index (χ2v) is 2.64. The molecule has 0 fully saturated rings. The Hall–Kier alpha value is 0.0300. The summed E-state index contributed by atoms with van der Waals surface area (Å²) in [5, 5.41) is 3.10. The van der Waals surface area contributed by atoms with Gasteiger partial charge in [-0.25, -0.2) is 8.93 Å². The highest BCUT2D eigenvalue weighted by Crippen LogP contribution is 1.73. The van der Waals surface area contributed by atoms with Crippen LogP contribution in [0.15, 0.2) is 0 Å². The molecule has 1 unspecified atom stereocenters. The Morgan fingerprint density at radius 3 is 2.70 bits per heavy atom. The van der Waals surface area contributed by atoms with Crippen molar-refractivity contribution in [2.75, 3.05) is 19.6 Å². The average Bonchev–Trinajstić information content (AvgIpc) is 1.87. The number of nitrogens with one attached hydrogen (secondary N) is 2. The molecule has 3 N–H and O–H groups in total. The van der Waals surface area contributed by atoms with E-state index in [0.29, 0.717) is 6.54 Å². The van der Waals surface area contributed by atoms with Gasteiger partial charge in [0.15, 0.2) is 0 Å². The molecule has 0 saturated heterocycles. The third-order valence-corrected chi connectivity index (χ3v) is 1.46. The van der Waals surface area contributed by atoms with Crippen molar-refractivity contribution in [2.45, 2.75) is 13.3 Å². The standard InChI is InChI=1S/C5H14N2O2S/c1-2-6-4-3-5-7-10(8)9/h6-7H,2-5H2,1H3,(H,8,9). The van der Waals surface area contributed by atoms with Crippen LogP contribution in [0, 0.1) is 0 Å². The Labute approximate surface area is 63.8 Å². The minimum absolute atomic E-state index is 0.579. The van der Waals surface area contributed by atoms with Gasteiger partial charge in [-0.15, -0.1) is 0 Å². The topological polar surface area (TPSA) is 61.4 Å². The highest BCUT2D eigenvalue weighted by Gasteiger charge is 1.89. The van der Waals surface area contributed by atoms with Crippen LogP contribution in [0.2, 0.25) is 0 Å². The smallest absolute Gasteiger partial charge is 0.231 e. The van der Waals surface area contributed by atoms with Gasteiger partial charge in [0, 0.05) is 6.54 Å². The monoisotopic (exact) mass is 166 g/mol. The van der Waals surface area contributed by atoms with Crippen LogP contribution >= 0.6 is 0 Å². The molecule has 0 rings (SSSR count). The summed E-state index contributed by atoms with van der Waals surface area (Å²) in [6.45, 7) is 4.44. The zero-order chi connectivity index (χ0) is 7.82. The molecule has 0 aliphatic heterocycles. The van der Waals surface area contributed by atoms with E-state index in [9.17, 15) is 4.21 Å². The summed E-state index contributed by atoms with van der Waals surface area (Å²) in [5.41, 5.74) is 0.